The number of fused-ring (bicyclic) bond motifs is 1. The van der Waals surface area contributed by atoms with Crippen molar-refractivity contribution in [2.45, 2.75) is 20.5 Å². The molecule has 0 unspecified atom stereocenters. The van der Waals surface area contributed by atoms with Gasteiger partial charge in [0.2, 0.25) is 4.96 Å². The molecule has 4 aromatic rings. The van der Waals surface area contributed by atoms with E-state index >= 15 is 0 Å². The van der Waals surface area contributed by atoms with Gasteiger partial charge in [0.25, 0.3) is 0 Å². The molecule has 0 fully saturated rings. The third-order valence-electron chi connectivity index (χ3n) is 3.90. The van der Waals surface area contributed by atoms with Crippen LogP contribution in [-0.2, 0) is 6.61 Å². The molecule has 0 spiro atoms. The first-order chi connectivity index (χ1) is 11.7. The minimum atomic E-state index is 0.571. The van der Waals surface area contributed by atoms with E-state index < -0.39 is 0 Å². The molecule has 6 heteroatoms. The summed E-state index contributed by atoms with van der Waals surface area (Å²) in [7, 11) is 0. The number of aromatic nitrogens is 4. The van der Waals surface area contributed by atoms with Crippen LogP contribution in [0.15, 0.2) is 48.5 Å². The maximum atomic E-state index is 5.88. The predicted octanol–water partition coefficient (Wildman–Crippen LogP) is 4.05. The quantitative estimate of drug-likeness (QED) is 0.564. The van der Waals surface area contributed by atoms with Gasteiger partial charge in [0.05, 0.1) is 0 Å². The van der Waals surface area contributed by atoms with Gasteiger partial charge >= 0.3 is 0 Å². The zero-order chi connectivity index (χ0) is 16.5. The minimum Gasteiger partial charge on any atom is -0.489 e. The van der Waals surface area contributed by atoms with Gasteiger partial charge in [-0.05, 0) is 49.2 Å². The molecule has 2 heterocycles. The fourth-order valence-electron chi connectivity index (χ4n) is 2.46. The highest BCUT2D eigenvalue weighted by atomic mass is 32.1. The molecule has 0 N–H and O–H groups in total. The molecule has 24 heavy (non-hydrogen) atoms. The summed E-state index contributed by atoms with van der Waals surface area (Å²) in [6.07, 6.45) is 0. The summed E-state index contributed by atoms with van der Waals surface area (Å²) in [5.74, 6) is 1.65. The highest BCUT2D eigenvalue weighted by molar-refractivity contribution is 7.19. The van der Waals surface area contributed by atoms with Crippen LogP contribution in [0.25, 0.3) is 15.5 Å². The Morgan fingerprint density at radius 2 is 1.79 bits per heavy atom. The number of hydrogen-bond donors (Lipinski definition) is 0. The van der Waals surface area contributed by atoms with Crippen LogP contribution in [0.2, 0.25) is 0 Å². The van der Waals surface area contributed by atoms with E-state index in [-0.39, 0.29) is 0 Å². The van der Waals surface area contributed by atoms with Crippen LogP contribution in [-0.4, -0.2) is 19.8 Å². The summed E-state index contributed by atoms with van der Waals surface area (Å²) < 4.78 is 7.65. The number of aryl methyl sites for hydroxylation is 2. The standard InChI is InChI=1S/C18H16N4OS/c1-12-5-3-4-6-15(12)11-23-16-9-7-14(8-10-16)17-21-22-13(2)19-20-18(22)24-17/h3-10H,11H2,1-2H3. The Morgan fingerprint density at radius 1 is 1.00 bits per heavy atom. The summed E-state index contributed by atoms with van der Waals surface area (Å²) in [5.41, 5.74) is 3.49. The highest BCUT2D eigenvalue weighted by Crippen LogP contribution is 2.27. The highest BCUT2D eigenvalue weighted by Gasteiger charge is 2.10. The van der Waals surface area contributed by atoms with Crippen LogP contribution in [0, 0.1) is 13.8 Å². The fraction of sp³-hybridized carbons (Fsp3) is 0.167. The summed E-state index contributed by atoms with van der Waals surface area (Å²) >= 11 is 1.53. The van der Waals surface area contributed by atoms with E-state index in [0.717, 1.165) is 27.1 Å². The van der Waals surface area contributed by atoms with E-state index in [1.165, 1.54) is 22.5 Å². The van der Waals surface area contributed by atoms with Crippen molar-refractivity contribution in [1.29, 1.82) is 0 Å². The van der Waals surface area contributed by atoms with E-state index in [1.807, 2.05) is 43.3 Å². The second-order valence-corrected chi connectivity index (χ2v) is 6.54. The van der Waals surface area contributed by atoms with Gasteiger partial charge in [-0.2, -0.15) is 9.61 Å². The zero-order valence-corrected chi connectivity index (χ0v) is 14.2. The summed E-state index contributed by atoms with van der Waals surface area (Å²) in [6.45, 7) is 4.56. The van der Waals surface area contributed by atoms with Crippen LogP contribution in [0.1, 0.15) is 17.0 Å². The Kier molecular flexibility index (Phi) is 3.74. The Morgan fingerprint density at radius 3 is 2.54 bits per heavy atom. The molecular weight excluding hydrogens is 320 g/mol. The normalized spacial score (nSPS) is 11.1. The second-order valence-electron chi connectivity index (χ2n) is 5.59. The van der Waals surface area contributed by atoms with Crippen LogP contribution < -0.4 is 4.74 Å². The summed E-state index contributed by atoms with van der Waals surface area (Å²) in [5, 5.41) is 13.6. The van der Waals surface area contributed by atoms with Gasteiger partial charge in [0, 0.05) is 5.56 Å². The Bertz CT molecular complexity index is 988. The fourth-order valence-corrected chi connectivity index (χ4v) is 3.35. The van der Waals surface area contributed by atoms with Crippen molar-refractivity contribution in [3.63, 3.8) is 0 Å². The zero-order valence-electron chi connectivity index (χ0n) is 13.4. The van der Waals surface area contributed by atoms with Crippen molar-refractivity contribution in [3.8, 4) is 16.3 Å². The van der Waals surface area contributed by atoms with Crippen LogP contribution in [0.3, 0.4) is 0 Å². The van der Waals surface area contributed by atoms with Crippen molar-refractivity contribution in [1.82, 2.24) is 19.8 Å². The third kappa shape index (κ3) is 2.76. The molecule has 2 aromatic heterocycles. The third-order valence-corrected chi connectivity index (χ3v) is 4.85. The lowest BCUT2D eigenvalue weighted by atomic mass is 10.1. The second kappa shape index (κ2) is 6.05. The van der Waals surface area contributed by atoms with E-state index in [9.17, 15) is 0 Å². The summed E-state index contributed by atoms with van der Waals surface area (Å²) in [4.78, 5) is 0.808. The first-order valence-electron chi connectivity index (χ1n) is 7.67. The first-order valence-corrected chi connectivity index (χ1v) is 8.49. The number of hydrogen-bond acceptors (Lipinski definition) is 5. The maximum Gasteiger partial charge on any atom is 0.234 e. The molecule has 4 rings (SSSR count). The molecule has 0 amide bonds. The van der Waals surface area contributed by atoms with Crippen molar-refractivity contribution >= 4 is 16.3 Å². The number of rotatable bonds is 4. The molecule has 0 aliphatic heterocycles. The molecule has 5 nitrogen and oxygen atoms in total. The first kappa shape index (κ1) is 14.8. The molecule has 0 aliphatic carbocycles. The molecule has 0 aliphatic rings. The van der Waals surface area contributed by atoms with Gasteiger partial charge in [0.15, 0.2) is 5.82 Å². The van der Waals surface area contributed by atoms with Gasteiger partial charge in [0.1, 0.15) is 17.4 Å². The number of benzene rings is 2. The van der Waals surface area contributed by atoms with Gasteiger partial charge in [-0.1, -0.05) is 35.6 Å². The van der Waals surface area contributed by atoms with Crippen molar-refractivity contribution in [3.05, 3.63) is 65.5 Å². The lowest BCUT2D eigenvalue weighted by Gasteiger charge is -2.08. The van der Waals surface area contributed by atoms with E-state index in [4.69, 9.17) is 4.74 Å². The molecule has 0 atom stereocenters. The van der Waals surface area contributed by atoms with Crippen molar-refractivity contribution in [2.24, 2.45) is 0 Å². The van der Waals surface area contributed by atoms with Gasteiger partial charge in [-0.25, -0.2) is 0 Å². The van der Waals surface area contributed by atoms with Gasteiger partial charge in [-0.15, -0.1) is 10.2 Å². The Hall–Kier alpha value is -2.73. The topological polar surface area (TPSA) is 52.3 Å². The van der Waals surface area contributed by atoms with E-state index in [1.54, 1.807) is 4.52 Å². The smallest absolute Gasteiger partial charge is 0.234 e. The van der Waals surface area contributed by atoms with Crippen LogP contribution in [0.5, 0.6) is 5.75 Å². The van der Waals surface area contributed by atoms with Gasteiger partial charge < -0.3 is 4.74 Å². The lowest BCUT2D eigenvalue weighted by Crippen LogP contribution is -1.97. The average Bonchev–Trinajstić information content (AvgIpc) is 3.17. The summed E-state index contributed by atoms with van der Waals surface area (Å²) in [6, 6.07) is 16.2. The Labute approximate surface area is 143 Å². The molecule has 0 radical (unpaired) electrons. The average molecular weight is 336 g/mol. The van der Waals surface area contributed by atoms with E-state index in [2.05, 4.69) is 34.4 Å². The van der Waals surface area contributed by atoms with E-state index in [0.29, 0.717) is 6.61 Å². The predicted molar refractivity (Wildman–Crippen MR) is 94.3 cm³/mol. The number of ether oxygens (including phenoxy) is 1. The molecule has 2 aromatic carbocycles. The maximum absolute atomic E-state index is 5.88. The van der Waals surface area contributed by atoms with Crippen LogP contribution >= 0.6 is 11.3 Å². The monoisotopic (exact) mass is 336 g/mol. The largest absolute Gasteiger partial charge is 0.489 e. The van der Waals surface area contributed by atoms with Crippen molar-refractivity contribution < 1.29 is 4.74 Å². The minimum absolute atomic E-state index is 0.571. The lowest BCUT2D eigenvalue weighted by molar-refractivity contribution is 0.305. The molecule has 0 bridgehead atoms. The SMILES string of the molecule is Cc1ccccc1COc1ccc(-c2nn3c(C)nnc3s2)cc1. The molecule has 120 valence electrons. The Balaban J connectivity index is 1.51. The van der Waals surface area contributed by atoms with Gasteiger partial charge in [-0.3, -0.25) is 0 Å². The van der Waals surface area contributed by atoms with Crippen molar-refractivity contribution in [2.75, 3.05) is 0 Å². The molecule has 0 saturated heterocycles. The molecular formula is C18H16N4OS. The molecule has 0 saturated carbocycles. The number of nitrogens with zero attached hydrogens (tertiary/aromatic N) is 4. The van der Waals surface area contributed by atoms with Crippen LogP contribution in [0.4, 0.5) is 0 Å².